The zero-order valence-electron chi connectivity index (χ0n) is 12.7. The number of ether oxygens (including phenoxy) is 1. The summed E-state index contributed by atoms with van der Waals surface area (Å²) >= 11 is 0. The summed E-state index contributed by atoms with van der Waals surface area (Å²) in [4.78, 5) is 7.98. The first-order valence-electron chi connectivity index (χ1n) is 7.37. The van der Waals surface area contributed by atoms with Crippen LogP contribution in [0, 0.1) is 12.8 Å². The van der Waals surface area contributed by atoms with Crippen LogP contribution in [0.25, 0.3) is 11.0 Å². The van der Waals surface area contributed by atoms with E-state index in [0.29, 0.717) is 5.69 Å². The van der Waals surface area contributed by atoms with Gasteiger partial charge >= 0.3 is 6.18 Å². The van der Waals surface area contributed by atoms with Crippen molar-refractivity contribution < 1.29 is 17.9 Å². The largest absolute Gasteiger partial charge is 0.418 e. The zero-order valence-corrected chi connectivity index (χ0v) is 12.7. The Morgan fingerprint density at radius 3 is 2.68 bits per heavy atom. The fraction of sp³-hybridized carbons (Fsp3) is 0.600. The molecule has 0 radical (unpaired) electrons. The molecule has 0 aromatic carbocycles. The van der Waals surface area contributed by atoms with Gasteiger partial charge in [0.1, 0.15) is 18.2 Å². The summed E-state index contributed by atoms with van der Waals surface area (Å²) in [7, 11) is 0. The molecule has 1 aliphatic rings. The molecule has 0 unspecified atom stereocenters. The van der Waals surface area contributed by atoms with Gasteiger partial charge in [0.05, 0.1) is 22.7 Å². The number of hydrogen-bond donors (Lipinski definition) is 0. The molecule has 1 fully saturated rings. The van der Waals surface area contributed by atoms with Gasteiger partial charge in [-0.15, -0.1) is 0 Å². The van der Waals surface area contributed by atoms with Crippen molar-refractivity contribution in [3.05, 3.63) is 23.8 Å². The Balaban J connectivity index is 2.17. The molecule has 0 saturated carbocycles. The predicted molar refractivity (Wildman–Crippen MR) is 75.2 cm³/mol. The molecule has 3 rings (SSSR count). The molecule has 3 heterocycles. The average molecular weight is 313 g/mol. The highest BCUT2D eigenvalue weighted by Gasteiger charge is 2.39. The number of aryl methyl sites for hydroxylation is 1. The first-order chi connectivity index (χ1) is 10.3. The van der Waals surface area contributed by atoms with Crippen LogP contribution in [-0.4, -0.2) is 20.6 Å². The maximum absolute atomic E-state index is 13.3. The van der Waals surface area contributed by atoms with Crippen LogP contribution in [0.2, 0.25) is 0 Å². The lowest BCUT2D eigenvalue weighted by molar-refractivity contribution is -0.136. The number of aromatic nitrogens is 3. The van der Waals surface area contributed by atoms with Crippen LogP contribution in [-0.2, 0) is 10.9 Å². The van der Waals surface area contributed by atoms with Gasteiger partial charge in [0.15, 0.2) is 0 Å². The fourth-order valence-electron chi connectivity index (χ4n) is 3.17. The van der Waals surface area contributed by atoms with Crippen molar-refractivity contribution >= 4 is 11.0 Å². The zero-order chi connectivity index (χ0) is 16.1. The van der Waals surface area contributed by atoms with Gasteiger partial charge < -0.3 is 9.30 Å². The maximum Gasteiger partial charge on any atom is 0.418 e. The molecule has 3 atom stereocenters. The Morgan fingerprint density at radius 1 is 1.36 bits per heavy atom. The second-order valence-corrected chi connectivity index (χ2v) is 5.88. The van der Waals surface area contributed by atoms with E-state index in [1.807, 2.05) is 13.8 Å². The van der Waals surface area contributed by atoms with Crippen molar-refractivity contribution in [1.82, 2.24) is 14.5 Å². The molecular formula is C15H18F3N3O. The molecule has 1 aliphatic heterocycles. The van der Waals surface area contributed by atoms with E-state index in [4.69, 9.17) is 4.74 Å². The number of alkyl halides is 3. The summed E-state index contributed by atoms with van der Waals surface area (Å²) < 4.78 is 47.4. The number of halogens is 3. The first-order valence-corrected chi connectivity index (χ1v) is 7.37. The molecule has 2 aromatic rings. The molecule has 0 spiro atoms. The third-order valence-corrected chi connectivity index (χ3v) is 4.29. The Bertz CT molecular complexity index is 695. The average Bonchev–Trinajstić information content (AvgIpc) is 2.99. The molecule has 0 amide bonds. The predicted octanol–water partition coefficient (Wildman–Crippen LogP) is 4.09. The third-order valence-electron chi connectivity index (χ3n) is 4.29. The summed E-state index contributed by atoms with van der Waals surface area (Å²) in [5.74, 6) is 0.136. The van der Waals surface area contributed by atoms with E-state index in [-0.39, 0.29) is 23.1 Å². The number of fused-ring (bicyclic) bond motifs is 1. The standard InChI is InChI=1S/C15H18F3N3O/c1-4-10-5-8(2)14(22-10)21-6-11(15(16,17)18)12-9(3)19-7-20-13(12)21/h6-8,10,14H,4-5H2,1-3H3/t8-,10-,14-/m1/s1. The monoisotopic (exact) mass is 313 g/mol. The molecule has 0 bridgehead atoms. The number of nitrogens with zero attached hydrogens (tertiary/aromatic N) is 3. The highest BCUT2D eigenvalue weighted by molar-refractivity contribution is 5.83. The van der Waals surface area contributed by atoms with Crippen LogP contribution in [0.5, 0.6) is 0 Å². The van der Waals surface area contributed by atoms with Crippen LogP contribution in [0.15, 0.2) is 12.5 Å². The van der Waals surface area contributed by atoms with Crippen LogP contribution in [0.4, 0.5) is 13.2 Å². The Kier molecular flexibility index (Phi) is 3.63. The summed E-state index contributed by atoms with van der Waals surface area (Å²) in [5.41, 5.74) is -0.0847. The van der Waals surface area contributed by atoms with E-state index >= 15 is 0 Å². The lowest BCUT2D eigenvalue weighted by Crippen LogP contribution is -2.14. The second-order valence-electron chi connectivity index (χ2n) is 5.88. The SMILES string of the molecule is CC[C@@H]1C[C@@H](C)[C@H](n2cc(C(F)(F)F)c3c(C)ncnc32)O1. The molecular weight excluding hydrogens is 295 g/mol. The van der Waals surface area contributed by atoms with E-state index in [9.17, 15) is 13.2 Å². The van der Waals surface area contributed by atoms with Gasteiger partial charge in [-0.25, -0.2) is 9.97 Å². The maximum atomic E-state index is 13.3. The normalized spacial score (nSPS) is 26.0. The highest BCUT2D eigenvalue weighted by atomic mass is 19.4. The first kappa shape index (κ1) is 15.3. The van der Waals surface area contributed by atoms with Crippen molar-refractivity contribution in [3.8, 4) is 0 Å². The molecule has 7 heteroatoms. The Hall–Kier alpha value is -1.63. The summed E-state index contributed by atoms with van der Waals surface area (Å²) in [5, 5.41) is 0.0609. The summed E-state index contributed by atoms with van der Waals surface area (Å²) in [6.45, 7) is 5.58. The van der Waals surface area contributed by atoms with Crippen molar-refractivity contribution in [2.24, 2.45) is 5.92 Å². The van der Waals surface area contributed by atoms with E-state index in [0.717, 1.165) is 19.0 Å². The van der Waals surface area contributed by atoms with Gasteiger partial charge in [-0.3, -0.25) is 0 Å². The van der Waals surface area contributed by atoms with Crippen molar-refractivity contribution in [1.29, 1.82) is 0 Å². The van der Waals surface area contributed by atoms with E-state index in [2.05, 4.69) is 9.97 Å². The van der Waals surface area contributed by atoms with Crippen LogP contribution in [0.1, 0.15) is 44.2 Å². The van der Waals surface area contributed by atoms with Gasteiger partial charge in [0, 0.05) is 12.1 Å². The Labute approximate surface area is 126 Å². The molecule has 22 heavy (non-hydrogen) atoms. The number of rotatable bonds is 2. The van der Waals surface area contributed by atoms with E-state index in [1.54, 1.807) is 6.92 Å². The van der Waals surface area contributed by atoms with E-state index in [1.165, 1.54) is 10.9 Å². The number of hydrogen-bond acceptors (Lipinski definition) is 3. The van der Waals surface area contributed by atoms with Crippen molar-refractivity contribution in [3.63, 3.8) is 0 Å². The van der Waals surface area contributed by atoms with Gasteiger partial charge in [-0.2, -0.15) is 13.2 Å². The third kappa shape index (κ3) is 2.37. The molecule has 1 saturated heterocycles. The minimum absolute atomic E-state index is 0.0609. The van der Waals surface area contributed by atoms with Gasteiger partial charge in [-0.1, -0.05) is 13.8 Å². The molecule has 120 valence electrons. The van der Waals surface area contributed by atoms with Crippen LogP contribution in [0.3, 0.4) is 0 Å². The van der Waals surface area contributed by atoms with Gasteiger partial charge in [0.25, 0.3) is 0 Å². The molecule has 0 N–H and O–H groups in total. The van der Waals surface area contributed by atoms with Crippen molar-refractivity contribution in [2.75, 3.05) is 0 Å². The van der Waals surface area contributed by atoms with Crippen molar-refractivity contribution in [2.45, 2.75) is 52.1 Å². The quantitative estimate of drug-likeness (QED) is 0.838. The molecule has 2 aromatic heterocycles. The summed E-state index contributed by atoms with van der Waals surface area (Å²) in [6, 6.07) is 0. The minimum Gasteiger partial charge on any atom is -0.354 e. The Morgan fingerprint density at radius 2 is 2.09 bits per heavy atom. The molecule has 4 nitrogen and oxygen atoms in total. The summed E-state index contributed by atoms with van der Waals surface area (Å²) in [6.07, 6.45) is -0.679. The second kappa shape index (κ2) is 5.22. The lowest BCUT2D eigenvalue weighted by atomic mass is 10.0. The minimum atomic E-state index is -4.44. The lowest BCUT2D eigenvalue weighted by Gasteiger charge is -2.18. The van der Waals surface area contributed by atoms with E-state index < -0.39 is 18.0 Å². The van der Waals surface area contributed by atoms with Gasteiger partial charge in [-0.05, 0) is 19.8 Å². The highest BCUT2D eigenvalue weighted by Crippen LogP contribution is 2.42. The van der Waals surface area contributed by atoms with Crippen LogP contribution >= 0.6 is 0 Å². The fourth-order valence-corrected chi connectivity index (χ4v) is 3.17. The topological polar surface area (TPSA) is 39.9 Å². The van der Waals surface area contributed by atoms with Crippen LogP contribution < -0.4 is 0 Å². The molecule has 0 aliphatic carbocycles. The van der Waals surface area contributed by atoms with Gasteiger partial charge in [0.2, 0.25) is 0 Å². The smallest absolute Gasteiger partial charge is 0.354 e.